The summed E-state index contributed by atoms with van der Waals surface area (Å²) in [6, 6.07) is 14.5. The van der Waals surface area contributed by atoms with Crippen molar-refractivity contribution in [2.24, 2.45) is 0 Å². The van der Waals surface area contributed by atoms with E-state index < -0.39 is 24.0 Å². The van der Waals surface area contributed by atoms with Gasteiger partial charge in [0.1, 0.15) is 11.3 Å². The van der Waals surface area contributed by atoms with Gasteiger partial charge in [0.25, 0.3) is 5.91 Å². The Morgan fingerprint density at radius 3 is 2.43 bits per heavy atom. The quantitative estimate of drug-likeness (QED) is 0.737. The van der Waals surface area contributed by atoms with Crippen molar-refractivity contribution in [1.29, 1.82) is 0 Å². The predicted octanol–water partition coefficient (Wildman–Crippen LogP) is 3.50. The summed E-state index contributed by atoms with van der Waals surface area (Å²) in [4.78, 5) is 38.8. The molecule has 0 saturated carbocycles. The van der Waals surface area contributed by atoms with Crippen LogP contribution in [0.15, 0.2) is 48.5 Å². The van der Waals surface area contributed by atoms with Gasteiger partial charge in [-0.1, -0.05) is 44.2 Å². The van der Waals surface area contributed by atoms with Crippen LogP contribution in [0.5, 0.6) is 5.75 Å². The van der Waals surface area contributed by atoms with Gasteiger partial charge < -0.3 is 14.8 Å². The van der Waals surface area contributed by atoms with E-state index in [1.807, 2.05) is 32.0 Å². The lowest BCUT2D eigenvalue weighted by Crippen LogP contribution is -2.59. The Labute approximate surface area is 176 Å². The molecule has 0 aromatic heterocycles. The Morgan fingerprint density at radius 2 is 1.70 bits per heavy atom. The number of nitrogens with zero attached hydrogens (tertiary/aromatic N) is 1. The second-order valence-corrected chi connectivity index (χ2v) is 7.90. The SMILES string of the molecule is CC(C)c1ccccc1OCC(=O)OCC(=O)N1c2ccccc2NC(=O)C1(C)C. The van der Waals surface area contributed by atoms with E-state index >= 15 is 0 Å². The molecule has 0 aliphatic carbocycles. The van der Waals surface area contributed by atoms with Crippen LogP contribution in [0.2, 0.25) is 0 Å². The minimum atomic E-state index is -1.12. The second-order valence-electron chi connectivity index (χ2n) is 7.90. The van der Waals surface area contributed by atoms with Gasteiger partial charge in [-0.25, -0.2) is 4.79 Å². The molecule has 3 rings (SSSR count). The highest BCUT2D eigenvalue weighted by Crippen LogP contribution is 2.36. The number of rotatable bonds is 6. The molecule has 0 bridgehead atoms. The number of benzene rings is 2. The number of carbonyl (C=O) groups excluding carboxylic acids is 3. The van der Waals surface area contributed by atoms with Gasteiger partial charge in [-0.3, -0.25) is 14.5 Å². The van der Waals surface area contributed by atoms with Crippen LogP contribution in [-0.2, 0) is 19.1 Å². The Bertz CT molecular complexity index is 968. The van der Waals surface area contributed by atoms with Crippen molar-refractivity contribution in [3.8, 4) is 5.75 Å². The summed E-state index contributed by atoms with van der Waals surface area (Å²) in [6.45, 7) is 6.56. The monoisotopic (exact) mass is 410 g/mol. The summed E-state index contributed by atoms with van der Waals surface area (Å²) < 4.78 is 10.7. The van der Waals surface area contributed by atoms with E-state index in [9.17, 15) is 14.4 Å². The van der Waals surface area contributed by atoms with E-state index in [0.29, 0.717) is 17.1 Å². The van der Waals surface area contributed by atoms with E-state index in [2.05, 4.69) is 5.32 Å². The van der Waals surface area contributed by atoms with Crippen molar-refractivity contribution in [2.45, 2.75) is 39.2 Å². The molecule has 0 fully saturated rings. The molecule has 0 atom stereocenters. The van der Waals surface area contributed by atoms with Gasteiger partial charge in [-0.2, -0.15) is 0 Å². The lowest BCUT2D eigenvalue weighted by Gasteiger charge is -2.41. The molecule has 2 aromatic rings. The third-order valence-electron chi connectivity index (χ3n) is 5.00. The zero-order chi connectivity index (χ0) is 21.9. The largest absolute Gasteiger partial charge is 0.482 e. The van der Waals surface area contributed by atoms with Gasteiger partial charge in [0, 0.05) is 0 Å². The van der Waals surface area contributed by atoms with E-state index in [1.54, 1.807) is 44.2 Å². The number of esters is 1. The van der Waals surface area contributed by atoms with Crippen LogP contribution in [0.3, 0.4) is 0 Å². The smallest absolute Gasteiger partial charge is 0.344 e. The van der Waals surface area contributed by atoms with Crippen LogP contribution in [0, 0.1) is 0 Å². The molecule has 0 spiro atoms. The van der Waals surface area contributed by atoms with Crippen LogP contribution in [0.1, 0.15) is 39.2 Å². The first-order chi connectivity index (χ1) is 14.2. The molecule has 0 radical (unpaired) electrons. The highest BCUT2D eigenvalue weighted by atomic mass is 16.6. The average molecular weight is 410 g/mol. The number of hydrogen-bond donors (Lipinski definition) is 1. The maximum atomic E-state index is 12.9. The molecule has 158 valence electrons. The Morgan fingerprint density at radius 1 is 1.03 bits per heavy atom. The molecule has 1 aliphatic heterocycles. The number of hydrogen-bond acceptors (Lipinski definition) is 5. The molecular formula is C23H26N2O5. The fourth-order valence-corrected chi connectivity index (χ4v) is 3.37. The van der Waals surface area contributed by atoms with Crippen molar-refractivity contribution < 1.29 is 23.9 Å². The summed E-state index contributed by atoms with van der Waals surface area (Å²) in [5, 5.41) is 2.79. The van der Waals surface area contributed by atoms with Gasteiger partial charge in [-0.15, -0.1) is 0 Å². The van der Waals surface area contributed by atoms with E-state index in [1.165, 1.54) is 4.90 Å². The predicted molar refractivity (Wildman–Crippen MR) is 114 cm³/mol. The van der Waals surface area contributed by atoms with Crippen molar-refractivity contribution in [3.63, 3.8) is 0 Å². The summed E-state index contributed by atoms with van der Waals surface area (Å²) in [5.74, 6) is -0.605. The van der Waals surface area contributed by atoms with Gasteiger partial charge in [0.05, 0.1) is 11.4 Å². The fraction of sp³-hybridized carbons (Fsp3) is 0.348. The number of fused-ring (bicyclic) bond motifs is 1. The lowest BCUT2D eigenvalue weighted by atomic mass is 9.96. The van der Waals surface area contributed by atoms with Crippen molar-refractivity contribution in [2.75, 3.05) is 23.4 Å². The van der Waals surface area contributed by atoms with Gasteiger partial charge in [0.15, 0.2) is 13.2 Å². The van der Waals surface area contributed by atoms with E-state index in [0.717, 1.165) is 5.56 Å². The lowest BCUT2D eigenvalue weighted by molar-refractivity contribution is -0.150. The molecule has 1 N–H and O–H groups in total. The zero-order valence-corrected chi connectivity index (χ0v) is 17.6. The topological polar surface area (TPSA) is 84.9 Å². The highest BCUT2D eigenvalue weighted by molar-refractivity contribution is 6.14. The Hall–Kier alpha value is -3.35. The number of carbonyl (C=O) groups is 3. The van der Waals surface area contributed by atoms with Gasteiger partial charge in [-0.05, 0) is 43.5 Å². The van der Waals surface area contributed by atoms with E-state index in [4.69, 9.17) is 9.47 Å². The normalized spacial score (nSPS) is 14.7. The molecule has 7 nitrogen and oxygen atoms in total. The zero-order valence-electron chi connectivity index (χ0n) is 17.6. The molecular weight excluding hydrogens is 384 g/mol. The Balaban J connectivity index is 1.64. The molecule has 2 aromatic carbocycles. The van der Waals surface area contributed by atoms with Crippen molar-refractivity contribution >= 4 is 29.2 Å². The molecule has 0 saturated heterocycles. The Kier molecular flexibility index (Phi) is 6.10. The van der Waals surface area contributed by atoms with Crippen LogP contribution in [0.4, 0.5) is 11.4 Å². The van der Waals surface area contributed by atoms with E-state index in [-0.39, 0.29) is 18.4 Å². The van der Waals surface area contributed by atoms with Crippen LogP contribution in [-0.4, -0.2) is 36.5 Å². The number of nitrogens with one attached hydrogen (secondary N) is 1. The van der Waals surface area contributed by atoms with Crippen LogP contribution >= 0.6 is 0 Å². The number of amides is 2. The molecule has 2 amide bonds. The van der Waals surface area contributed by atoms with Crippen LogP contribution < -0.4 is 15.0 Å². The van der Waals surface area contributed by atoms with Crippen molar-refractivity contribution in [1.82, 2.24) is 0 Å². The van der Waals surface area contributed by atoms with Gasteiger partial charge in [0.2, 0.25) is 5.91 Å². The highest BCUT2D eigenvalue weighted by Gasteiger charge is 2.43. The van der Waals surface area contributed by atoms with Crippen molar-refractivity contribution in [3.05, 3.63) is 54.1 Å². The fourth-order valence-electron chi connectivity index (χ4n) is 3.37. The maximum Gasteiger partial charge on any atom is 0.344 e. The third-order valence-corrected chi connectivity index (χ3v) is 5.00. The molecule has 7 heteroatoms. The molecule has 30 heavy (non-hydrogen) atoms. The standard InChI is InChI=1S/C23H26N2O5/c1-15(2)16-9-5-8-12-19(16)29-14-21(27)30-13-20(26)25-18-11-7-6-10-17(18)24-22(28)23(25,3)4/h5-12,15H,13-14H2,1-4H3,(H,24,28). The number of para-hydroxylation sites is 3. The minimum Gasteiger partial charge on any atom is -0.482 e. The first kappa shape index (κ1) is 21.4. The third kappa shape index (κ3) is 4.30. The molecule has 1 heterocycles. The first-order valence-corrected chi connectivity index (χ1v) is 9.82. The number of ether oxygens (including phenoxy) is 2. The average Bonchev–Trinajstić information content (AvgIpc) is 2.71. The second kappa shape index (κ2) is 8.57. The first-order valence-electron chi connectivity index (χ1n) is 9.82. The molecule has 1 aliphatic rings. The summed E-state index contributed by atoms with van der Waals surface area (Å²) in [5.41, 5.74) is 0.962. The number of anilines is 2. The summed E-state index contributed by atoms with van der Waals surface area (Å²) in [6.07, 6.45) is 0. The summed E-state index contributed by atoms with van der Waals surface area (Å²) >= 11 is 0. The maximum absolute atomic E-state index is 12.9. The minimum absolute atomic E-state index is 0.242. The van der Waals surface area contributed by atoms with Gasteiger partial charge >= 0.3 is 5.97 Å². The summed E-state index contributed by atoms with van der Waals surface area (Å²) in [7, 11) is 0. The molecule has 0 unspecified atom stereocenters. The van der Waals surface area contributed by atoms with Crippen LogP contribution in [0.25, 0.3) is 0 Å².